The van der Waals surface area contributed by atoms with E-state index in [-0.39, 0.29) is 0 Å². The van der Waals surface area contributed by atoms with Crippen LogP contribution in [0.3, 0.4) is 0 Å². The van der Waals surface area contributed by atoms with Gasteiger partial charge in [-0.2, -0.15) is 0 Å². The van der Waals surface area contributed by atoms with Gasteiger partial charge < -0.3 is 9.64 Å². The summed E-state index contributed by atoms with van der Waals surface area (Å²) < 4.78 is 5.08. The Morgan fingerprint density at radius 2 is 1.67 bits per heavy atom. The first-order valence-electron chi connectivity index (χ1n) is 7.87. The summed E-state index contributed by atoms with van der Waals surface area (Å²) in [5.74, 6) is 1.34. The van der Waals surface area contributed by atoms with Crippen molar-refractivity contribution >= 4 is 0 Å². The third-order valence-electron chi connectivity index (χ3n) is 4.56. The summed E-state index contributed by atoms with van der Waals surface area (Å²) in [4.78, 5) is 2.10. The molecule has 1 fully saturated rings. The van der Waals surface area contributed by atoms with Crippen molar-refractivity contribution < 1.29 is 4.74 Å². The van der Waals surface area contributed by atoms with E-state index in [1.54, 1.807) is 7.11 Å². The maximum absolute atomic E-state index is 5.08. The third-order valence-corrected chi connectivity index (χ3v) is 4.56. The maximum atomic E-state index is 5.08. The smallest absolute Gasteiger partial charge is 0.0637 e. The highest BCUT2D eigenvalue weighted by Crippen LogP contribution is 2.35. The van der Waals surface area contributed by atoms with Crippen LogP contribution in [0.4, 0.5) is 0 Å². The van der Waals surface area contributed by atoms with Gasteiger partial charge in [-0.3, -0.25) is 0 Å². The van der Waals surface area contributed by atoms with Gasteiger partial charge in [0.2, 0.25) is 0 Å². The molecule has 0 atom stereocenters. The minimum Gasteiger partial charge on any atom is -0.383 e. The average Bonchev–Trinajstić information content (AvgIpc) is 2.49. The Morgan fingerprint density at radius 3 is 2.19 bits per heavy atom. The number of likely N-dealkylation sites (N-methyl/N-ethyl adjacent to an activating group) is 1. The summed E-state index contributed by atoms with van der Waals surface area (Å²) in [5, 5.41) is 0. The van der Waals surface area contributed by atoms with Crippen LogP contribution in [-0.4, -0.2) is 32.2 Å². The standard InChI is InChI=1S/C19H31NO/c1-15(2)18-9-11-19(12-10-18)16(3)7-8-17(4)20(5)13-14-21-6/h7-8,18-19H,1,3-4,9-14H2,2,5-6H3/b8-7-. The predicted octanol–water partition coefficient (Wildman–Crippen LogP) is 4.57. The molecule has 0 saturated heterocycles. The van der Waals surface area contributed by atoms with Crippen molar-refractivity contribution in [3.8, 4) is 0 Å². The van der Waals surface area contributed by atoms with Crippen molar-refractivity contribution in [2.45, 2.75) is 32.6 Å². The summed E-state index contributed by atoms with van der Waals surface area (Å²) in [6, 6.07) is 0. The summed E-state index contributed by atoms with van der Waals surface area (Å²) in [6.45, 7) is 16.2. The number of methoxy groups -OCH3 is 1. The lowest BCUT2D eigenvalue weighted by atomic mass is 9.76. The highest BCUT2D eigenvalue weighted by atomic mass is 16.5. The molecule has 1 rings (SSSR count). The molecule has 21 heavy (non-hydrogen) atoms. The van der Waals surface area contributed by atoms with Gasteiger partial charge in [-0.15, -0.1) is 0 Å². The molecule has 0 heterocycles. The van der Waals surface area contributed by atoms with Gasteiger partial charge >= 0.3 is 0 Å². The van der Waals surface area contributed by atoms with Crippen LogP contribution in [0.25, 0.3) is 0 Å². The van der Waals surface area contributed by atoms with Gasteiger partial charge in [0.25, 0.3) is 0 Å². The van der Waals surface area contributed by atoms with E-state index in [1.807, 2.05) is 7.05 Å². The minimum absolute atomic E-state index is 0.619. The molecular formula is C19H31NO. The largest absolute Gasteiger partial charge is 0.383 e. The van der Waals surface area contributed by atoms with Crippen LogP contribution in [0, 0.1) is 11.8 Å². The second-order valence-electron chi connectivity index (χ2n) is 6.21. The van der Waals surface area contributed by atoms with E-state index >= 15 is 0 Å². The first-order chi connectivity index (χ1) is 9.95. The fourth-order valence-electron chi connectivity index (χ4n) is 2.80. The Balaban J connectivity index is 2.41. The summed E-state index contributed by atoms with van der Waals surface area (Å²) in [5.41, 5.74) is 3.57. The van der Waals surface area contributed by atoms with Crippen molar-refractivity contribution in [1.82, 2.24) is 4.90 Å². The van der Waals surface area contributed by atoms with Crippen molar-refractivity contribution in [3.05, 3.63) is 48.7 Å². The number of ether oxygens (including phenoxy) is 1. The first kappa shape index (κ1) is 17.8. The lowest BCUT2D eigenvalue weighted by molar-refractivity contribution is 0.175. The van der Waals surface area contributed by atoms with E-state index in [2.05, 4.69) is 43.7 Å². The van der Waals surface area contributed by atoms with Gasteiger partial charge in [-0.25, -0.2) is 0 Å². The molecule has 2 nitrogen and oxygen atoms in total. The molecule has 1 aliphatic carbocycles. The molecule has 0 radical (unpaired) electrons. The molecule has 0 amide bonds. The summed E-state index contributed by atoms with van der Waals surface area (Å²) in [6.07, 6.45) is 9.17. The van der Waals surface area contributed by atoms with E-state index in [1.165, 1.54) is 36.8 Å². The van der Waals surface area contributed by atoms with E-state index in [4.69, 9.17) is 4.74 Å². The molecule has 0 aliphatic heterocycles. The van der Waals surface area contributed by atoms with E-state index < -0.39 is 0 Å². The number of hydrogen-bond donors (Lipinski definition) is 0. The van der Waals surface area contributed by atoms with Gasteiger partial charge in [0.05, 0.1) is 6.61 Å². The van der Waals surface area contributed by atoms with Gasteiger partial charge in [-0.1, -0.05) is 37.0 Å². The van der Waals surface area contributed by atoms with Crippen LogP contribution in [0.15, 0.2) is 48.7 Å². The van der Waals surface area contributed by atoms with Crippen LogP contribution in [-0.2, 0) is 4.74 Å². The summed E-state index contributed by atoms with van der Waals surface area (Å²) in [7, 11) is 3.75. The van der Waals surface area contributed by atoms with Crippen molar-refractivity contribution in [2.75, 3.05) is 27.3 Å². The number of rotatable bonds is 8. The average molecular weight is 289 g/mol. The molecule has 0 bridgehead atoms. The number of allylic oxidation sites excluding steroid dienone is 4. The Morgan fingerprint density at radius 1 is 1.10 bits per heavy atom. The Labute approximate surface area is 130 Å². The zero-order valence-corrected chi connectivity index (χ0v) is 14.0. The van der Waals surface area contributed by atoms with Crippen LogP contribution >= 0.6 is 0 Å². The van der Waals surface area contributed by atoms with Crippen molar-refractivity contribution in [2.24, 2.45) is 11.8 Å². The number of nitrogens with zero attached hydrogens (tertiary/aromatic N) is 1. The predicted molar refractivity (Wildman–Crippen MR) is 92.2 cm³/mol. The Hall–Kier alpha value is -1.28. The molecule has 1 saturated carbocycles. The van der Waals surface area contributed by atoms with Gasteiger partial charge in [0.15, 0.2) is 0 Å². The molecule has 2 heteroatoms. The Bertz CT molecular complexity index is 400. The normalized spacial score (nSPS) is 22.2. The van der Waals surface area contributed by atoms with Crippen LogP contribution in [0.1, 0.15) is 32.6 Å². The molecular weight excluding hydrogens is 258 g/mol. The molecule has 1 aliphatic rings. The summed E-state index contributed by atoms with van der Waals surface area (Å²) >= 11 is 0. The molecule has 0 aromatic rings. The zero-order chi connectivity index (χ0) is 15.8. The van der Waals surface area contributed by atoms with Crippen molar-refractivity contribution in [1.29, 1.82) is 0 Å². The first-order valence-corrected chi connectivity index (χ1v) is 7.87. The molecule has 0 aromatic carbocycles. The van der Waals surface area contributed by atoms with Gasteiger partial charge in [-0.05, 0) is 50.5 Å². The topological polar surface area (TPSA) is 12.5 Å². The maximum Gasteiger partial charge on any atom is 0.0637 e. The van der Waals surface area contributed by atoms with Gasteiger partial charge in [0.1, 0.15) is 0 Å². The molecule has 0 aromatic heterocycles. The van der Waals surface area contributed by atoms with E-state index in [9.17, 15) is 0 Å². The van der Waals surface area contributed by atoms with E-state index in [0.29, 0.717) is 11.8 Å². The van der Waals surface area contributed by atoms with Crippen LogP contribution in [0.5, 0.6) is 0 Å². The molecule has 118 valence electrons. The Kier molecular flexibility index (Phi) is 7.52. The highest BCUT2D eigenvalue weighted by molar-refractivity contribution is 5.26. The lowest BCUT2D eigenvalue weighted by Gasteiger charge is -2.29. The van der Waals surface area contributed by atoms with Crippen LogP contribution < -0.4 is 0 Å². The monoisotopic (exact) mass is 289 g/mol. The quantitative estimate of drug-likeness (QED) is 0.479. The highest BCUT2D eigenvalue weighted by Gasteiger charge is 2.22. The molecule has 0 N–H and O–H groups in total. The lowest BCUT2D eigenvalue weighted by Crippen LogP contribution is -2.20. The number of hydrogen-bond acceptors (Lipinski definition) is 2. The fourth-order valence-corrected chi connectivity index (χ4v) is 2.80. The van der Waals surface area contributed by atoms with Gasteiger partial charge in [0, 0.05) is 26.4 Å². The minimum atomic E-state index is 0.619. The molecule has 0 spiro atoms. The second kappa shape index (κ2) is 8.89. The zero-order valence-electron chi connectivity index (χ0n) is 14.0. The third kappa shape index (κ3) is 5.92. The van der Waals surface area contributed by atoms with Crippen LogP contribution in [0.2, 0.25) is 0 Å². The van der Waals surface area contributed by atoms with Crippen molar-refractivity contribution in [3.63, 3.8) is 0 Å². The second-order valence-corrected chi connectivity index (χ2v) is 6.21. The SMILES string of the molecule is C=C(C)C1CCC(C(=C)/C=C\C(=C)N(C)CCOC)CC1. The molecule has 0 unspecified atom stereocenters. The fraction of sp³-hybridized carbons (Fsp3) is 0.579. The van der Waals surface area contributed by atoms with E-state index in [0.717, 1.165) is 18.8 Å².